The number of rotatable bonds is 3. The summed E-state index contributed by atoms with van der Waals surface area (Å²) in [7, 11) is -0.0383. The second kappa shape index (κ2) is 7.42. The zero-order valence-electron chi connectivity index (χ0n) is 12.5. The van der Waals surface area contributed by atoms with Crippen molar-refractivity contribution in [3.8, 4) is 0 Å². The third-order valence-corrected chi connectivity index (χ3v) is 6.61. The molecule has 0 saturated carbocycles. The first-order valence-electron chi connectivity index (χ1n) is 7.74. The molecule has 2 aromatic rings. The summed E-state index contributed by atoms with van der Waals surface area (Å²) in [5.74, 6) is 0. The van der Waals surface area contributed by atoms with Crippen LogP contribution in [-0.2, 0) is 0 Å². The lowest BCUT2D eigenvalue weighted by Crippen LogP contribution is -2.40. The number of hydrogen-bond donors (Lipinski definition) is 2. The molecule has 1 aliphatic heterocycles. The minimum absolute atomic E-state index is 0.0383. The van der Waals surface area contributed by atoms with Gasteiger partial charge in [0.2, 0.25) is 0 Å². The summed E-state index contributed by atoms with van der Waals surface area (Å²) < 4.78 is 0. The summed E-state index contributed by atoms with van der Waals surface area (Å²) in [6.07, 6.45) is 4.55. The van der Waals surface area contributed by atoms with Gasteiger partial charge in [-0.3, -0.25) is 0 Å². The maximum atomic E-state index is 12.0. The third kappa shape index (κ3) is 4.08. The molecule has 0 atom stereocenters. The Morgan fingerprint density at radius 1 is 0.909 bits per heavy atom. The van der Waals surface area contributed by atoms with Crippen LogP contribution in [0, 0.1) is 0 Å². The highest BCUT2D eigenvalue weighted by molar-refractivity contribution is 7.65. The molecule has 3 rings (SSSR count). The van der Waals surface area contributed by atoms with Crippen molar-refractivity contribution in [2.24, 2.45) is 0 Å². The van der Waals surface area contributed by atoms with E-state index in [0.29, 0.717) is 6.04 Å². The van der Waals surface area contributed by atoms with E-state index in [4.69, 9.17) is 0 Å². The number of hydrogen-bond acceptors (Lipinski definition) is 1. The molecule has 22 heavy (non-hydrogen) atoms. The molecule has 0 unspecified atom stereocenters. The van der Waals surface area contributed by atoms with Crippen molar-refractivity contribution in [3.05, 3.63) is 60.7 Å². The first-order chi connectivity index (χ1) is 10.8. The molecular formula is C18H21N2OP. The normalized spacial score (nSPS) is 21.1. The van der Waals surface area contributed by atoms with Gasteiger partial charge in [-0.15, -0.1) is 0 Å². The van der Waals surface area contributed by atoms with Crippen molar-refractivity contribution in [2.75, 3.05) is 17.6 Å². The minimum Gasteiger partial charge on any atom is -0.335 e. The van der Waals surface area contributed by atoms with Crippen LogP contribution < -0.4 is 15.9 Å². The molecule has 0 aromatic heterocycles. The Morgan fingerprint density at radius 2 is 1.50 bits per heavy atom. The molecule has 1 fully saturated rings. The van der Waals surface area contributed by atoms with E-state index in [1.165, 1.54) is 17.6 Å². The molecule has 2 N–H and O–H groups in total. The summed E-state index contributed by atoms with van der Waals surface area (Å²) in [5, 5.41) is 7.48. The number of urea groups is 1. The second-order valence-corrected chi connectivity index (χ2v) is 8.05. The molecule has 114 valence electrons. The Bertz CT molecular complexity index is 595. The highest BCUT2D eigenvalue weighted by atomic mass is 31.1. The standard InChI is InChI=1S/C18H21N2OP/c21-18(19-15-7-3-1-4-8-15)20-16-11-13-22(14-12-16)17-9-5-2-6-10-17/h1-10,16H,11-14H2,(H2,19,20,21). The molecule has 1 aliphatic rings. The summed E-state index contributed by atoms with van der Waals surface area (Å²) in [6.45, 7) is 0. The van der Waals surface area contributed by atoms with Gasteiger partial charge >= 0.3 is 6.03 Å². The van der Waals surface area contributed by atoms with Crippen LogP contribution in [0.1, 0.15) is 12.8 Å². The number of nitrogens with one attached hydrogen (secondary N) is 2. The van der Waals surface area contributed by atoms with Crippen molar-refractivity contribution in [1.29, 1.82) is 0 Å². The van der Waals surface area contributed by atoms with Gasteiger partial charge in [0.1, 0.15) is 0 Å². The van der Waals surface area contributed by atoms with Crippen LogP contribution in [0.25, 0.3) is 0 Å². The number of anilines is 1. The summed E-state index contributed by atoms with van der Waals surface area (Å²) >= 11 is 0. The van der Waals surface area contributed by atoms with Crippen molar-refractivity contribution < 1.29 is 4.79 Å². The fourth-order valence-corrected chi connectivity index (χ4v) is 5.38. The van der Waals surface area contributed by atoms with Crippen molar-refractivity contribution in [3.63, 3.8) is 0 Å². The van der Waals surface area contributed by atoms with Crippen molar-refractivity contribution >= 4 is 24.9 Å². The molecule has 0 bridgehead atoms. The monoisotopic (exact) mass is 312 g/mol. The van der Waals surface area contributed by atoms with Gasteiger partial charge in [0.05, 0.1) is 0 Å². The van der Waals surface area contributed by atoms with E-state index < -0.39 is 0 Å². The summed E-state index contributed by atoms with van der Waals surface area (Å²) in [5.41, 5.74) is 0.836. The molecular weight excluding hydrogens is 291 g/mol. The number of amides is 2. The molecule has 4 heteroatoms. The van der Waals surface area contributed by atoms with Crippen LogP contribution in [0.15, 0.2) is 60.7 Å². The highest BCUT2D eigenvalue weighted by Crippen LogP contribution is 2.40. The van der Waals surface area contributed by atoms with Crippen LogP contribution in [0.2, 0.25) is 0 Å². The molecule has 2 aromatic carbocycles. The lowest BCUT2D eigenvalue weighted by atomic mass is 10.1. The Labute approximate surface area is 132 Å². The lowest BCUT2D eigenvalue weighted by Gasteiger charge is -2.29. The fraction of sp³-hybridized carbons (Fsp3) is 0.278. The van der Waals surface area contributed by atoms with Crippen LogP contribution in [0.4, 0.5) is 10.5 Å². The summed E-state index contributed by atoms with van der Waals surface area (Å²) in [6, 6.07) is 20.6. The molecule has 0 radical (unpaired) electrons. The van der Waals surface area contributed by atoms with Crippen LogP contribution in [0.3, 0.4) is 0 Å². The quantitative estimate of drug-likeness (QED) is 0.832. The number of carbonyl (C=O) groups excluding carboxylic acids is 1. The van der Waals surface area contributed by atoms with Crippen LogP contribution in [-0.4, -0.2) is 24.4 Å². The maximum Gasteiger partial charge on any atom is 0.319 e. The van der Waals surface area contributed by atoms with Gasteiger partial charge < -0.3 is 10.6 Å². The first kappa shape index (κ1) is 15.1. The predicted molar refractivity (Wildman–Crippen MR) is 94.3 cm³/mol. The Hall–Kier alpha value is -1.86. The molecule has 2 amide bonds. The largest absolute Gasteiger partial charge is 0.335 e. The van der Waals surface area contributed by atoms with E-state index in [2.05, 4.69) is 41.0 Å². The zero-order valence-corrected chi connectivity index (χ0v) is 13.4. The maximum absolute atomic E-state index is 12.0. The highest BCUT2D eigenvalue weighted by Gasteiger charge is 2.22. The van der Waals surface area contributed by atoms with Crippen LogP contribution >= 0.6 is 7.92 Å². The molecule has 1 heterocycles. The van der Waals surface area contributed by atoms with E-state index in [1.807, 2.05) is 30.3 Å². The molecule has 1 saturated heterocycles. The Balaban J connectivity index is 1.47. The van der Waals surface area contributed by atoms with E-state index >= 15 is 0 Å². The van der Waals surface area contributed by atoms with Gasteiger partial charge in [-0.1, -0.05) is 56.5 Å². The Kier molecular flexibility index (Phi) is 5.07. The van der Waals surface area contributed by atoms with Gasteiger partial charge in [0.25, 0.3) is 0 Å². The van der Waals surface area contributed by atoms with Gasteiger partial charge in [0, 0.05) is 11.7 Å². The SMILES string of the molecule is O=C(Nc1ccccc1)NC1CCP(c2ccccc2)CC1. The van der Waals surface area contributed by atoms with Gasteiger partial charge in [-0.25, -0.2) is 4.79 Å². The smallest absolute Gasteiger partial charge is 0.319 e. The van der Waals surface area contributed by atoms with Gasteiger partial charge in [-0.05, 0) is 42.6 Å². The van der Waals surface area contributed by atoms with E-state index in [-0.39, 0.29) is 14.0 Å². The summed E-state index contributed by atoms with van der Waals surface area (Å²) in [4.78, 5) is 12.0. The Morgan fingerprint density at radius 3 is 2.14 bits per heavy atom. The average molecular weight is 312 g/mol. The van der Waals surface area contributed by atoms with E-state index in [1.54, 1.807) is 0 Å². The number of carbonyl (C=O) groups is 1. The fourth-order valence-electron chi connectivity index (χ4n) is 2.79. The molecule has 0 aliphatic carbocycles. The van der Waals surface area contributed by atoms with E-state index in [0.717, 1.165) is 18.5 Å². The second-order valence-electron chi connectivity index (χ2n) is 5.56. The van der Waals surface area contributed by atoms with E-state index in [9.17, 15) is 4.79 Å². The lowest BCUT2D eigenvalue weighted by molar-refractivity contribution is 0.247. The number of benzene rings is 2. The topological polar surface area (TPSA) is 41.1 Å². The van der Waals surface area contributed by atoms with Crippen molar-refractivity contribution in [1.82, 2.24) is 5.32 Å². The minimum atomic E-state index is -0.0952. The van der Waals surface area contributed by atoms with Gasteiger partial charge in [0.15, 0.2) is 0 Å². The molecule has 3 nitrogen and oxygen atoms in total. The van der Waals surface area contributed by atoms with Crippen molar-refractivity contribution in [2.45, 2.75) is 18.9 Å². The van der Waals surface area contributed by atoms with Crippen LogP contribution in [0.5, 0.6) is 0 Å². The molecule has 0 spiro atoms. The first-order valence-corrected chi connectivity index (χ1v) is 9.45. The average Bonchev–Trinajstić information content (AvgIpc) is 2.57. The number of para-hydroxylation sites is 1. The van der Waals surface area contributed by atoms with Gasteiger partial charge in [-0.2, -0.15) is 0 Å². The zero-order chi connectivity index (χ0) is 15.2. The third-order valence-electron chi connectivity index (χ3n) is 3.98. The predicted octanol–water partition coefficient (Wildman–Crippen LogP) is 3.78.